The van der Waals surface area contributed by atoms with Crippen LogP contribution in [0, 0.1) is 10.1 Å². The zero-order chi connectivity index (χ0) is 15.1. The molecule has 0 amide bonds. The third-order valence-electron chi connectivity index (χ3n) is 3.27. The third-order valence-corrected chi connectivity index (χ3v) is 5.68. The molecule has 0 aromatic carbocycles. The van der Waals surface area contributed by atoms with E-state index in [1.165, 1.54) is 12.1 Å². The molecule has 0 radical (unpaired) electrons. The lowest BCUT2D eigenvalue weighted by Gasteiger charge is -2.29. The van der Waals surface area contributed by atoms with Crippen molar-refractivity contribution in [1.82, 2.24) is 4.98 Å². The standard InChI is InChI=1S/C13H14N2O4S/c1-9-6-10(7-13(2,3)20(9,18)19)12-5-4-11(8-14-12)15(16)17/h4-5,7-8H,1,6H2,2-3H3. The summed E-state index contributed by atoms with van der Waals surface area (Å²) in [6, 6.07) is 2.87. The Morgan fingerprint density at radius 2 is 2.05 bits per heavy atom. The Hall–Kier alpha value is -2.02. The first-order chi connectivity index (χ1) is 9.15. The molecule has 0 aliphatic carbocycles. The molecule has 2 rings (SSSR count). The number of pyridine rings is 1. The number of hydrogen-bond acceptors (Lipinski definition) is 5. The van der Waals surface area contributed by atoms with Crippen molar-refractivity contribution in [3.05, 3.63) is 51.7 Å². The van der Waals surface area contributed by atoms with Gasteiger partial charge in [-0.3, -0.25) is 10.1 Å². The van der Waals surface area contributed by atoms with Gasteiger partial charge in [-0.05, 0) is 25.5 Å². The van der Waals surface area contributed by atoms with Gasteiger partial charge in [-0.25, -0.2) is 13.4 Å². The third kappa shape index (κ3) is 2.24. The molecular weight excluding hydrogens is 280 g/mol. The highest BCUT2D eigenvalue weighted by molar-refractivity contribution is 7.96. The number of nitrogens with zero attached hydrogens (tertiary/aromatic N) is 2. The van der Waals surface area contributed by atoms with E-state index in [4.69, 9.17) is 0 Å². The highest BCUT2D eigenvalue weighted by Crippen LogP contribution is 2.38. The van der Waals surface area contributed by atoms with Gasteiger partial charge in [0.25, 0.3) is 5.69 Å². The van der Waals surface area contributed by atoms with Gasteiger partial charge in [-0.2, -0.15) is 0 Å². The fraction of sp³-hybridized carbons (Fsp3) is 0.308. The van der Waals surface area contributed by atoms with E-state index >= 15 is 0 Å². The van der Waals surface area contributed by atoms with Gasteiger partial charge in [0.15, 0.2) is 9.84 Å². The summed E-state index contributed by atoms with van der Waals surface area (Å²) in [5.41, 5.74) is 1.14. The van der Waals surface area contributed by atoms with E-state index < -0.39 is 19.5 Å². The minimum Gasteiger partial charge on any atom is -0.258 e. The fourth-order valence-electron chi connectivity index (χ4n) is 2.08. The Labute approximate surface area is 116 Å². The van der Waals surface area contributed by atoms with Crippen LogP contribution in [-0.4, -0.2) is 23.1 Å². The number of sulfone groups is 1. The molecule has 0 saturated carbocycles. The molecule has 0 spiro atoms. The average molecular weight is 294 g/mol. The number of hydrogen-bond donors (Lipinski definition) is 0. The molecule has 0 atom stereocenters. The van der Waals surface area contributed by atoms with Gasteiger partial charge in [-0.1, -0.05) is 12.7 Å². The Morgan fingerprint density at radius 3 is 2.50 bits per heavy atom. The first-order valence-corrected chi connectivity index (χ1v) is 7.38. The molecule has 0 fully saturated rings. The van der Waals surface area contributed by atoms with Gasteiger partial charge >= 0.3 is 0 Å². The second-order valence-electron chi connectivity index (χ2n) is 5.15. The summed E-state index contributed by atoms with van der Waals surface area (Å²) in [7, 11) is -3.41. The second kappa shape index (κ2) is 4.52. The van der Waals surface area contributed by atoms with Gasteiger partial charge in [0.2, 0.25) is 0 Å². The highest BCUT2D eigenvalue weighted by Gasteiger charge is 2.39. The minimum absolute atomic E-state index is 0.101. The van der Waals surface area contributed by atoms with Crippen LogP contribution in [0.15, 0.2) is 35.9 Å². The summed E-state index contributed by atoms with van der Waals surface area (Å²) in [5, 5.41) is 10.6. The molecule has 2 heterocycles. The van der Waals surface area contributed by atoms with Crippen molar-refractivity contribution in [2.75, 3.05) is 0 Å². The maximum atomic E-state index is 12.1. The molecule has 20 heavy (non-hydrogen) atoms. The van der Waals surface area contributed by atoms with Crippen molar-refractivity contribution in [3.8, 4) is 0 Å². The molecule has 0 unspecified atom stereocenters. The second-order valence-corrected chi connectivity index (χ2v) is 7.79. The predicted molar refractivity (Wildman–Crippen MR) is 75.6 cm³/mol. The summed E-state index contributed by atoms with van der Waals surface area (Å²) in [4.78, 5) is 14.2. The predicted octanol–water partition coefficient (Wildman–Crippen LogP) is 2.48. The van der Waals surface area contributed by atoms with E-state index in [0.29, 0.717) is 11.3 Å². The van der Waals surface area contributed by atoms with Gasteiger partial charge in [0, 0.05) is 17.4 Å². The summed E-state index contributed by atoms with van der Waals surface area (Å²) < 4.78 is 23.1. The van der Waals surface area contributed by atoms with Crippen LogP contribution in [0.1, 0.15) is 26.0 Å². The van der Waals surface area contributed by atoms with E-state index in [-0.39, 0.29) is 17.0 Å². The lowest BCUT2D eigenvalue weighted by atomic mass is 10.0. The first-order valence-electron chi connectivity index (χ1n) is 5.90. The van der Waals surface area contributed by atoms with Crippen molar-refractivity contribution in [2.45, 2.75) is 25.0 Å². The van der Waals surface area contributed by atoms with E-state index in [0.717, 1.165) is 6.20 Å². The van der Waals surface area contributed by atoms with E-state index in [2.05, 4.69) is 11.6 Å². The molecule has 1 aliphatic rings. The summed E-state index contributed by atoms with van der Waals surface area (Å²) >= 11 is 0. The van der Waals surface area contributed by atoms with Crippen molar-refractivity contribution >= 4 is 21.1 Å². The van der Waals surface area contributed by atoms with Crippen LogP contribution in [0.4, 0.5) is 5.69 Å². The van der Waals surface area contributed by atoms with Crippen LogP contribution >= 0.6 is 0 Å². The largest absolute Gasteiger partial charge is 0.287 e. The SMILES string of the molecule is C=C1CC(c2ccc([N+](=O)[O-])cn2)=CC(C)(C)S1(=O)=O. The summed E-state index contributed by atoms with van der Waals surface area (Å²) in [6.45, 7) is 6.81. The lowest BCUT2D eigenvalue weighted by Crippen LogP contribution is -2.33. The van der Waals surface area contributed by atoms with E-state index in [1.54, 1.807) is 19.9 Å². The quantitative estimate of drug-likeness (QED) is 0.617. The molecular formula is C13H14N2O4S. The topological polar surface area (TPSA) is 90.2 Å². The van der Waals surface area contributed by atoms with Crippen molar-refractivity contribution in [3.63, 3.8) is 0 Å². The van der Waals surface area contributed by atoms with Gasteiger partial charge < -0.3 is 0 Å². The first kappa shape index (κ1) is 14.4. The minimum atomic E-state index is -3.41. The Kier molecular flexibility index (Phi) is 3.25. The summed E-state index contributed by atoms with van der Waals surface area (Å²) in [5.74, 6) is 0. The molecule has 1 aromatic heterocycles. The highest BCUT2D eigenvalue weighted by atomic mass is 32.2. The smallest absolute Gasteiger partial charge is 0.258 e. The van der Waals surface area contributed by atoms with Crippen LogP contribution < -0.4 is 0 Å². The molecule has 106 valence electrons. The maximum absolute atomic E-state index is 12.1. The number of aromatic nitrogens is 1. The Bertz CT molecular complexity index is 715. The lowest BCUT2D eigenvalue weighted by molar-refractivity contribution is -0.385. The van der Waals surface area contributed by atoms with Crippen molar-refractivity contribution < 1.29 is 13.3 Å². The number of allylic oxidation sites excluding steroid dienone is 2. The number of rotatable bonds is 2. The normalized spacial score (nSPS) is 20.3. The molecule has 7 heteroatoms. The Morgan fingerprint density at radius 1 is 1.40 bits per heavy atom. The molecule has 0 N–H and O–H groups in total. The zero-order valence-electron chi connectivity index (χ0n) is 11.2. The van der Waals surface area contributed by atoms with Crippen LogP contribution in [0.3, 0.4) is 0 Å². The zero-order valence-corrected chi connectivity index (χ0v) is 12.0. The summed E-state index contributed by atoms with van der Waals surface area (Å²) in [6.07, 6.45) is 2.97. The molecule has 0 saturated heterocycles. The monoisotopic (exact) mass is 294 g/mol. The Balaban J connectivity index is 2.47. The molecule has 6 nitrogen and oxygen atoms in total. The van der Waals surface area contributed by atoms with Crippen LogP contribution in [-0.2, 0) is 9.84 Å². The fourth-order valence-corrected chi connectivity index (χ4v) is 3.46. The van der Waals surface area contributed by atoms with Crippen LogP contribution in [0.2, 0.25) is 0 Å². The van der Waals surface area contributed by atoms with Crippen molar-refractivity contribution in [2.24, 2.45) is 0 Å². The molecule has 0 bridgehead atoms. The maximum Gasteiger partial charge on any atom is 0.287 e. The van der Waals surface area contributed by atoms with Gasteiger partial charge in [-0.15, -0.1) is 0 Å². The van der Waals surface area contributed by atoms with E-state index in [9.17, 15) is 18.5 Å². The van der Waals surface area contributed by atoms with Gasteiger partial charge in [0.05, 0.1) is 15.4 Å². The van der Waals surface area contributed by atoms with Gasteiger partial charge in [0.1, 0.15) is 6.20 Å². The van der Waals surface area contributed by atoms with E-state index in [1.807, 2.05) is 0 Å². The molecule has 1 aromatic rings. The van der Waals surface area contributed by atoms with Crippen LogP contribution in [0.25, 0.3) is 5.57 Å². The average Bonchev–Trinajstić information content (AvgIpc) is 2.36. The van der Waals surface area contributed by atoms with Crippen molar-refractivity contribution in [1.29, 1.82) is 0 Å². The van der Waals surface area contributed by atoms with Crippen LogP contribution in [0.5, 0.6) is 0 Å². The molecule has 1 aliphatic heterocycles. The number of nitro groups is 1.